The van der Waals surface area contributed by atoms with Crippen LogP contribution in [0.4, 0.5) is 17.1 Å². The Morgan fingerprint density at radius 1 is 0.838 bits per heavy atom. The van der Waals surface area contributed by atoms with E-state index in [0.717, 1.165) is 34.6 Å². The third-order valence-electron chi connectivity index (χ3n) is 5.85. The molecule has 4 rings (SSSR count). The van der Waals surface area contributed by atoms with Crippen molar-refractivity contribution in [3.8, 4) is 6.07 Å². The number of rotatable bonds is 7. The van der Waals surface area contributed by atoms with Gasteiger partial charge in [-0.25, -0.2) is 0 Å². The first-order valence-corrected chi connectivity index (χ1v) is 12.6. The third kappa shape index (κ3) is 7.69. The second-order valence-corrected chi connectivity index (χ2v) is 8.58. The van der Waals surface area contributed by atoms with Crippen molar-refractivity contribution in [1.29, 1.82) is 5.26 Å². The molecule has 0 N–H and O–H groups in total. The fourth-order valence-corrected chi connectivity index (χ4v) is 3.96. The van der Waals surface area contributed by atoms with Crippen LogP contribution in [0.5, 0.6) is 0 Å². The molecule has 0 fully saturated rings. The zero-order chi connectivity index (χ0) is 26.5. The number of nitrogens with zero attached hydrogens (tertiary/aromatic N) is 2. The number of para-hydroxylation sites is 1. The summed E-state index contributed by atoms with van der Waals surface area (Å²) >= 11 is 0. The summed E-state index contributed by atoms with van der Waals surface area (Å²) < 4.78 is 0. The summed E-state index contributed by atoms with van der Waals surface area (Å²) in [5.41, 5.74) is 8.94. The summed E-state index contributed by atoms with van der Waals surface area (Å²) in [6.45, 7) is 10.1. The van der Waals surface area contributed by atoms with E-state index in [9.17, 15) is 0 Å². The maximum Gasteiger partial charge on any atom is 0.0991 e. The lowest BCUT2D eigenvalue weighted by molar-refractivity contribution is 1.14. The van der Waals surface area contributed by atoms with Crippen molar-refractivity contribution in [2.75, 3.05) is 4.90 Å². The van der Waals surface area contributed by atoms with E-state index < -0.39 is 0 Å². The maximum atomic E-state index is 8.51. The van der Waals surface area contributed by atoms with E-state index in [4.69, 9.17) is 5.26 Å². The molecule has 4 aromatic carbocycles. The molecule has 0 aliphatic carbocycles. The number of hydrogen-bond donors (Lipinski definition) is 0. The summed E-state index contributed by atoms with van der Waals surface area (Å²) in [6.07, 6.45) is 9.03. The van der Waals surface area contributed by atoms with Crippen LogP contribution in [0.2, 0.25) is 0 Å². The quantitative estimate of drug-likeness (QED) is 0.245. The lowest BCUT2D eigenvalue weighted by Gasteiger charge is -2.26. The highest BCUT2D eigenvalue weighted by molar-refractivity contribution is 5.81. The van der Waals surface area contributed by atoms with Gasteiger partial charge in [-0.15, -0.1) is 0 Å². The number of benzene rings is 4. The Kier molecular flexibility index (Phi) is 10.3. The van der Waals surface area contributed by atoms with Crippen LogP contribution in [-0.2, 0) is 6.42 Å². The van der Waals surface area contributed by atoms with Crippen molar-refractivity contribution >= 4 is 22.6 Å². The third-order valence-corrected chi connectivity index (χ3v) is 5.85. The number of anilines is 3. The molecular weight excluding hydrogens is 448 g/mol. The van der Waals surface area contributed by atoms with Gasteiger partial charge in [0.2, 0.25) is 0 Å². The highest BCUT2D eigenvalue weighted by Crippen LogP contribution is 2.35. The molecule has 0 radical (unpaired) electrons. The van der Waals surface area contributed by atoms with E-state index in [1.54, 1.807) is 0 Å². The van der Waals surface area contributed by atoms with E-state index in [1.807, 2.05) is 49.4 Å². The molecular formula is C35H34N2. The van der Waals surface area contributed by atoms with Gasteiger partial charge in [-0.2, -0.15) is 5.26 Å². The predicted octanol–water partition coefficient (Wildman–Crippen LogP) is 9.73. The molecule has 0 aromatic heterocycles. The Morgan fingerprint density at radius 2 is 1.51 bits per heavy atom. The van der Waals surface area contributed by atoms with Gasteiger partial charge in [0.25, 0.3) is 0 Å². The van der Waals surface area contributed by atoms with Gasteiger partial charge >= 0.3 is 0 Å². The molecule has 4 aromatic rings. The SMILES string of the molecule is C=C/C=C(\C=C/C)c1cccc(N(c2ccccc2)c2ccc(C)cc2)c1.CCc1cccc(C#N)c1. The molecule has 0 spiro atoms. The van der Waals surface area contributed by atoms with Crippen LogP contribution in [0.3, 0.4) is 0 Å². The number of aryl methyl sites for hydroxylation is 2. The first-order chi connectivity index (χ1) is 18.1. The van der Waals surface area contributed by atoms with Gasteiger partial charge in [-0.05, 0) is 85.5 Å². The first-order valence-electron chi connectivity index (χ1n) is 12.6. The minimum absolute atomic E-state index is 0.749. The predicted molar refractivity (Wildman–Crippen MR) is 159 cm³/mol. The van der Waals surface area contributed by atoms with Crippen LogP contribution >= 0.6 is 0 Å². The largest absolute Gasteiger partial charge is 0.310 e. The van der Waals surface area contributed by atoms with Crippen molar-refractivity contribution in [3.05, 3.63) is 156 Å². The van der Waals surface area contributed by atoms with Gasteiger partial charge in [-0.3, -0.25) is 0 Å². The highest BCUT2D eigenvalue weighted by Gasteiger charge is 2.12. The molecule has 0 bridgehead atoms. The van der Waals surface area contributed by atoms with Gasteiger partial charge < -0.3 is 4.90 Å². The van der Waals surface area contributed by atoms with Crippen molar-refractivity contribution in [2.45, 2.75) is 27.2 Å². The molecule has 2 heteroatoms. The number of nitriles is 1. The van der Waals surface area contributed by atoms with Crippen LogP contribution in [0.1, 0.15) is 36.1 Å². The molecule has 0 saturated carbocycles. The van der Waals surface area contributed by atoms with Crippen LogP contribution in [0.15, 0.2) is 134 Å². The van der Waals surface area contributed by atoms with Gasteiger partial charge in [-0.1, -0.05) is 98.0 Å². The van der Waals surface area contributed by atoms with Crippen LogP contribution < -0.4 is 4.90 Å². The maximum absolute atomic E-state index is 8.51. The molecule has 0 saturated heterocycles. The monoisotopic (exact) mass is 482 g/mol. The standard InChI is InChI=1S/C26H25N.C9H9N/c1-4-10-22(11-5-2)23-12-9-15-26(20-23)27(24-13-7-6-8-14-24)25-18-16-21(3)17-19-25;1-2-8-4-3-5-9(6-8)7-10/h4-20H,1H2,2-3H3;3-6H,2H2,1H3/b11-5-,22-10+;. The summed E-state index contributed by atoms with van der Waals surface area (Å²) in [4.78, 5) is 2.28. The molecule has 2 nitrogen and oxygen atoms in total. The van der Waals surface area contributed by atoms with Crippen LogP contribution in [-0.4, -0.2) is 0 Å². The van der Waals surface area contributed by atoms with Crippen molar-refractivity contribution in [3.63, 3.8) is 0 Å². The normalized spacial score (nSPS) is 10.8. The van der Waals surface area contributed by atoms with E-state index in [-0.39, 0.29) is 0 Å². The van der Waals surface area contributed by atoms with Crippen molar-refractivity contribution < 1.29 is 0 Å². The fourth-order valence-electron chi connectivity index (χ4n) is 3.96. The molecule has 184 valence electrons. The smallest absolute Gasteiger partial charge is 0.0991 e. The second-order valence-electron chi connectivity index (χ2n) is 8.58. The summed E-state index contributed by atoms with van der Waals surface area (Å²) in [5, 5.41) is 8.51. The summed E-state index contributed by atoms with van der Waals surface area (Å²) in [5.74, 6) is 0. The van der Waals surface area contributed by atoms with E-state index >= 15 is 0 Å². The molecule has 0 amide bonds. The molecule has 0 unspecified atom stereocenters. The van der Waals surface area contributed by atoms with E-state index in [2.05, 4.69) is 116 Å². The first kappa shape index (κ1) is 27.0. The molecule has 37 heavy (non-hydrogen) atoms. The van der Waals surface area contributed by atoms with Gasteiger partial charge in [0.15, 0.2) is 0 Å². The minimum atomic E-state index is 0.749. The average molecular weight is 483 g/mol. The van der Waals surface area contributed by atoms with Gasteiger partial charge in [0.05, 0.1) is 11.6 Å². The van der Waals surface area contributed by atoms with Crippen LogP contribution in [0.25, 0.3) is 5.57 Å². The Bertz CT molecular complexity index is 1390. The molecule has 0 aliphatic heterocycles. The van der Waals surface area contributed by atoms with Crippen molar-refractivity contribution in [2.24, 2.45) is 0 Å². The lowest BCUT2D eigenvalue weighted by Crippen LogP contribution is -2.10. The zero-order valence-corrected chi connectivity index (χ0v) is 21.9. The molecule has 0 atom stereocenters. The minimum Gasteiger partial charge on any atom is -0.310 e. The topological polar surface area (TPSA) is 27.0 Å². The average Bonchev–Trinajstić information content (AvgIpc) is 2.95. The second kappa shape index (κ2) is 14.1. The Balaban J connectivity index is 0.000000319. The Morgan fingerprint density at radius 3 is 2.16 bits per heavy atom. The lowest BCUT2D eigenvalue weighted by atomic mass is 10.0. The summed E-state index contributed by atoms with van der Waals surface area (Å²) in [7, 11) is 0. The van der Waals surface area contributed by atoms with Crippen molar-refractivity contribution in [1.82, 2.24) is 0 Å². The molecule has 0 aliphatic rings. The fraction of sp³-hybridized carbons (Fsp3) is 0.114. The number of hydrogen-bond acceptors (Lipinski definition) is 2. The Labute approximate surface area is 222 Å². The Hall–Kier alpha value is -4.61. The number of allylic oxidation sites excluding steroid dienone is 5. The highest BCUT2D eigenvalue weighted by atomic mass is 15.1. The van der Waals surface area contributed by atoms with Gasteiger partial charge in [0, 0.05) is 17.1 Å². The molecule has 0 heterocycles. The van der Waals surface area contributed by atoms with Crippen LogP contribution in [0, 0.1) is 18.3 Å². The zero-order valence-electron chi connectivity index (χ0n) is 21.9. The van der Waals surface area contributed by atoms with E-state index in [0.29, 0.717) is 0 Å². The summed E-state index contributed by atoms with van der Waals surface area (Å²) in [6, 6.07) is 37.5. The van der Waals surface area contributed by atoms with Gasteiger partial charge in [0.1, 0.15) is 0 Å². The van der Waals surface area contributed by atoms with E-state index in [1.165, 1.54) is 16.7 Å².